The summed E-state index contributed by atoms with van der Waals surface area (Å²) in [4.78, 5) is 30.3. The number of nitro benzene ring substituents is 1. The van der Waals surface area contributed by atoms with Crippen LogP contribution < -0.4 is 4.90 Å². The molecule has 0 bridgehead atoms. The highest BCUT2D eigenvalue weighted by Crippen LogP contribution is 2.36. The molecule has 9 nitrogen and oxygen atoms in total. The van der Waals surface area contributed by atoms with Gasteiger partial charge < -0.3 is 14.3 Å². The number of pyridine rings is 1. The maximum Gasteiger partial charge on any atom is 0.416 e. The number of alkyl halides is 3. The molecular weight excluding hydrogens is 431 g/mol. The Bertz CT molecular complexity index is 1140. The standard InChI is InChI=1S/C20H16F3N5O4/c21-20(22,23)14-1-2-16(17(11-14)28(30)31)26-7-9-27(10-8-26)19(29)15-12-18(32-25-15)13-3-5-24-6-4-13/h1-6,11-12H,7-10H2. The SMILES string of the molecule is O=C(c1cc(-c2ccncc2)on1)N1CCN(c2ccc(C(F)(F)F)cc2[N+](=O)[O-])CC1. The number of halogens is 3. The minimum absolute atomic E-state index is 0.0801. The molecule has 0 N–H and O–H groups in total. The molecule has 1 amide bonds. The summed E-state index contributed by atoms with van der Waals surface area (Å²) in [6, 6.07) is 7.38. The van der Waals surface area contributed by atoms with Gasteiger partial charge in [0.05, 0.1) is 10.5 Å². The van der Waals surface area contributed by atoms with Crippen molar-refractivity contribution in [2.24, 2.45) is 0 Å². The van der Waals surface area contributed by atoms with Crippen LogP contribution in [-0.4, -0.2) is 52.1 Å². The van der Waals surface area contributed by atoms with Crippen molar-refractivity contribution in [3.05, 3.63) is 70.2 Å². The minimum Gasteiger partial charge on any atom is -0.362 e. The monoisotopic (exact) mass is 447 g/mol. The van der Waals surface area contributed by atoms with E-state index in [-0.39, 0.29) is 43.5 Å². The summed E-state index contributed by atoms with van der Waals surface area (Å²) in [6.45, 7) is 0.864. The number of carbonyl (C=O) groups is 1. The molecule has 0 saturated carbocycles. The lowest BCUT2D eigenvalue weighted by Crippen LogP contribution is -2.49. The quantitative estimate of drug-likeness (QED) is 0.444. The summed E-state index contributed by atoms with van der Waals surface area (Å²) in [5.41, 5.74) is -0.802. The van der Waals surface area contributed by atoms with E-state index in [1.165, 1.54) is 11.0 Å². The lowest BCUT2D eigenvalue weighted by Gasteiger charge is -2.35. The molecule has 32 heavy (non-hydrogen) atoms. The molecule has 166 valence electrons. The number of anilines is 1. The van der Waals surface area contributed by atoms with Gasteiger partial charge in [-0.05, 0) is 24.3 Å². The number of benzene rings is 1. The minimum atomic E-state index is -4.68. The third-order valence-electron chi connectivity index (χ3n) is 5.10. The van der Waals surface area contributed by atoms with Gasteiger partial charge in [-0.2, -0.15) is 13.2 Å². The first-order valence-electron chi connectivity index (χ1n) is 9.51. The van der Waals surface area contributed by atoms with E-state index in [1.54, 1.807) is 29.4 Å². The highest BCUT2D eigenvalue weighted by Gasteiger charge is 2.34. The summed E-state index contributed by atoms with van der Waals surface area (Å²) in [5, 5.41) is 15.2. The second-order valence-corrected chi connectivity index (χ2v) is 7.05. The van der Waals surface area contributed by atoms with Crippen LogP contribution in [0, 0.1) is 10.1 Å². The van der Waals surface area contributed by atoms with Crippen LogP contribution in [0.2, 0.25) is 0 Å². The fourth-order valence-corrected chi connectivity index (χ4v) is 3.45. The summed E-state index contributed by atoms with van der Waals surface area (Å²) < 4.78 is 44.0. The Kier molecular flexibility index (Phi) is 5.51. The van der Waals surface area contributed by atoms with E-state index in [0.717, 1.165) is 12.1 Å². The molecule has 1 saturated heterocycles. The fraction of sp³-hybridized carbons (Fsp3) is 0.250. The molecule has 0 aliphatic carbocycles. The number of aromatic nitrogens is 2. The van der Waals surface area contributed by atoms with Crippen LogP contribution in [0.3, 0.4) is 0 Å². The van der Waals surface area contributed by atoms with Crippen molar-refractivity contribution in [1.82, 2.24) is 15.0 Å². The highest BCUT2D eigenvalue weighted by atomic mass is 19.4. The number of rotatable bonds is 4. The molecule has 1 aliphatic rings. The zero-order valence-electron chi connectivity index (χ0n) is 16.5. The number of nitro groups is 1. The number of nitrogens with zero attached hydrogens (tertiary/aromatic N) is 5. The summed E-state index contributed by atoms with van der Waals surface area (Å²) in [6.07, 6.45) is -1.51. The van der Waals surface area contributed by atoms with Crippen molar-refractivity contribution < 1.29 is 27.4 Å². The topological polar surface area (TPSA) is 106 Å². The first-order valence-corrected chi connectivity index (χ1v) is 9.51. The molecule has 12 heteroatoms. The van der Waals surface area contributed by atoms with E-state index in [0.29, 0.717) is 17.4 Å². The highest BCUT2D eigenvalue weighted by molar-refractivity contribution is 5.93. The predicted molar refractivity (Wildman–Crippen MR) is 106 cm³/mol. The van der Waals surface area contributed by atoms with Crippen molar-refractivity contribution in [3.8, 4) is 11.3 Å². The van der Waals surface area contributed by atoms with E-state index in [1.807, 2.05) is 0 Å². The van der Waals surface area contributed by atoms with E-state index >= 15 is 0 Å². The zero-order chi connectivity index (χ0) is 22.9. The van der Waals surface area contributed by atoms with Crippen LogP contribution in [0.15, 0.2) is 53.3 Å². The van der Waals surface area contributed by atoms with Crippen LogP contribution in [-0.2, 0) is 6.18 Å². The van der Waals surface area contributed by atoms with Gasteiger partial charge in [-0.25, -0.2) is 0 Å². The van der Waals surface area contributed by atoms with E-state index < -0.39 is 22.4 Å². The molecule has 3 aromatic rings. The number of amides is 1. The second kappa shape index (κ2) is 8.29. The predicted octanol–water partition coefficient (Wildman–Crippen LogP) is 3.63. The molecule has 1 fully saturated rings. The van der Waals surface area contributed by atoms with E-state index in [2.05, 4.69) is 10.1 Å². The van der Waals surface area contributed by atoms with Gasteiger partial charge in [0.25, 0.3) is 11.6 Å². The van der Waals surface area contributed by atoms with Crippen LogP contribution in [0.1, 0.15) is 16.1 Å². The van der Waals surface area contributed by atoms with Crippen LogP contribution in [0.5, 0.6) is 0 Å². The first kappa shape index (κ1) is 21.3. The van der Waals surface area contributed by atoms with Crippen LogP contribution >= 0.6 is 0 Å². The smallest absolute Gasteiger partial charge is 0.362 e. The Morgan fingerprint density at radius 3 is 2.38 bits per heavy atom. The van der Waals surface area contributed by atoms with Crippen molar-refractivity contribution in [2.45, 2.75) is 6.18 Å². The van der Waals surface area contributed by atoms with Gasteiger partial charge in [0.2, 0.25) is 0 Å². The van der Waals surface area contributed by atoms with Gasteiger partial charge in [0, 0.05) is 56.3 Å². The van der Waals surface area contributed by atoms with Gasteiger partial charge in [-0.3, -0.25) is 19.9 Å². The zero-order valence-corrected chi connectivity index (χ0v) is 16.5. The Balaban J connectivity index is 1.46. The van der Waals surface area contributed by atoms with Crippen molar-refractivity contribution in [2.75, 3.05) is 31.1 Å². The summed E-state index contributed by atoms with van der Waals surface area (Å²) in [5.74, 6) is 0.0467. The van der Waals surface area contributed by atoms with Gasteiger partial charge in [-0.15, -0.1) is 0 Å². The number of piperazine rings is 1. The van der Waals surface area contributed by atoms with Gasteiger partial charge in [0.15, 0.2) is 11.5 Å². The molecular formula is C20H16F3N5O4. The molecule has 0 radical (unpaired) electrons. The Morgan fingerprint density at radius 2 is 1.75 bits per heavy atom. The van der Waals surface area contributed by atoms with Gasteiger partial charge in [-0.1, -0.05) is 5.16 Å². The van der Waals surface area contributed by atoms with Crippen LogP contribution in [0.4, 0.5) is 24.5 Å². The normalized spacial score (nSPS) is 14.5. The Morgan fingerprint density at radius 1 is 1.06 bits per heavy atom. The Labute approximate surface area is 179 Å². The number of carbonyl (C=O) groups excluding carboxylic acids is 1. The average Bonchev–Trinajstić information content (AvgIpc) is 3.28. The van der Waals surface area contributed by atoms with E-state index in [9.17, 15) is 28.1 Å². The fourth-order valence-electron chi connectivity index (χ4n) is 3.45. The Hall–Kier alpha value is -3.96. The van der Waals surface area contributed by atoms with Crippen LogP contribution in [0.25, 0.3) is 11.3 Å². The first-order chi connectivity index (χ1) is 15.2. The lowest BCUT2D eigenvalue weighted by atomic mass is 10.1. The lowest BCUT2D eigenvalue weighted by molar-refractivity contribution is -0.384. The molecule has 0 atom stereocenters. The van der Waals surface area contributed by atoms with Gasteiger partial charge >= 0.3 is 6.18 Å². The number of hydrogen-bond donors (Lipinski definition) is 0. The maximum atomic E-state index is 12.9. The maximum absolute atomic E-state index is 12.9. The molecule has 0 unspecified atom stereocenters. The number of hydrogen-bond acceptors (Lipinski definition) is 7. The molecule has 1 aromatic carbocycles. The third kappa shape index (κ3) is 4.24. The van der Waals surface area contributed by atoms with Crippen molar-refractivity contribution in [1.29, 1.82) is 0 Å². The van der Waals surface area contributed by atoms with E-state index in [4.69, 9.17) is 4.52 Å². The summed E-state index contributed by atoms with van der Waals surface area (Å²) in [7, 11) is 0. The largest absolute Gasteiger partial charge is 0.416 e. The second-order valence-electron chi connectivity index (χ2n) is 7.05. The van der Waals surface area contributed by atoms with Crippen molar-refractivity contribution >= 4 is 17.3 Å². The molecule has 0 spiro atoms. The molecule has 1 aliphatic heterocycles. The third-order valence-corrected chi connectivity index (χ3v) is 5.10. The summed E-state index contributed by atoms with van der Waals surface area (Å²) >= 11 is 0. The molecule has 3 heterocycles. The molecule has 2 aromatic heterocycles. The average molecular weight is 447 g/mol. The van der Waals surface area contributed by atoms with Gasteiger partial charge in [0.1, 0.15) is 5.69 Å². The molecule has 4 rings (SSSR count). The van der Waals surface area contributed by atoms with Crippen molar-refractivity contribution in [3.63, 3.8) is 0 Å².